The summed E-state index contributed by atoms with van der Waals surface area (Å²) in [5.74, 6) is -1.09. The van der Waals surface area contributed by atoms with Crippen LogP contribution in [0.15, 0.2) is 41.3 Å². The number of thiocarbonyl (C=S) groups is 1. The Balaban J connectivity index is 1.87. The predicted molar refractivity (Wildman–Crippen MR) is 122 cm³/mol. The van der Waals surface area contributed by atoms with Gasteiger partial charge in [-0.2, -0.15) is 0 Å². The highest BCUT2D eigenvalue weighted by molar-refractivity contribution is 8.27. The topological polar surface area (TPSA) is 65.1 Å². The number of nitrogens with zero attached hydrogens (tertiary/aromatic N) is 1. The number of rotatable bonds is 7. The molecule has 162 valence electrons. The molecule has 0 bridgehead atoms. The zero-order valence-electron chi connectivity index (χ0n) is 16.5. The number of amides is 1. The zero-order chi connectivity index (χ0) is 22.5. The van der Waals surface area contributed by atoms with Crippen molar-refractivity contribution in [3.63, 3.8) is 0 Å². The molecule has 0 spiro atoms. The van der Waals surface area contributed by atoms with Crippen LogP contribution in [0.5, 0.6) is 11.5 Å². The highest BCUT2D eigenvalue weighted by Gasteiger charge is 2.34. The number of ether oxygens (including phenoxy) is 3. The first-order valence-electron chi connectivity index (χ1n) is 9.04. The summed E-state index contributed by atoms with van der Waals surface area (Å²) in [7, 11) is 1.42. The van der Waals surface area contributed by atoms with E-state index in [0.717, 1.165) is 16.7 Å². The van der Waals surface area contributed by atoms with Crippen molar-refractivity contribution >= 4 is 63.5 Å². The van der Waals surface area contributed by atoms with E-state index in [1.54, 1.807) is 31.2 Å². The van der Waals surface area contributed by atoms with Crippen LogP contribution in [0.25, 0.3) is 6.08 Å². The average Bonchev–Trinajstić information content (AvgIpc) is 3.00. The van der Waals surface area contributed by atoms with Crippen molar-refractivity contribution < 1.29 is 28.2 Å². The fourth-order valence-corrected chi connectivity index (χ4v) is 4.32. The zero-order valence-corrected chi connectivity index (χ0v) is 18.9. The highest BCUT2D eigenvalue weighted by Crippen LogP contribution is 2.40. The molecule has 1 amide bonds. The van der Waals surface area contributed by atoms with Crippen LogP contribution in [0, 0.1) is 5.82 Å². The van der Waals surface area contributed by atoms with Crippen molar-refractivity contribution in [3.8, 4) is 11.5 Å². The summed E-state index contributed by atoms with van der Waals surface area (Å²) in [6.45, 7) is 1.59. The molecule has 0 N–H and O–H groups in total. The van der Waals surface area contributed by atoms with Gasteiger partial charge < -0.3 is 14.2 Å². The van der Waals surface area contributed by atoms with E-state index >= 15 is 0 Å². The molecular formula is C21H17ClFNO5S2. The predicted octanol–water partition coefficient (Wildman–Crippen LogP) is 4.84. The molecule has 3 rings (SSSR count). The second-order valence-electron chi connectivity index (χ2n) is 6.10. The average molecular weight is 482 g/mol. The number of hydrogen-bond donors (Lipinski definition) is 0. The minimum absolute atomic E-state index is 0.0896. The van der Waals surface area contributed by atoms with E-state index in [-0.39, 0.29) is 39.7 Å². The van der Waals surface area contributed by atoms with E-state index in [1.165, 1.54) is 25.3 Å². The number of carbonyl (C=O) groups excluding carboxylic acids is 2. The van der Waals surface area contributed by atoms with Gasteiger partial charge in [0.1, 0.15) is 5.82 Å². The van der Waals surface area contributed by atoms with Crippen molar-refractivity contribution in [2.45, 2.75) is 6.92 Å². The molecule has 0 aromatic heterocycles. The Kier molecular flexibility index (Phi) is 7.53. The van der Waals surface area contributed by atoms with Crippen LogP contribution in [0.3, 0.4) is 0 Å². The van der Waals surface area contributed by atoms with Gasteiger partial charge in [0, 0.05) is 0 Å². The number of carbonyl (C=O) groups is 2. The quantitative estimate of drug-likeness (QED) is 0.318. The Hall–Kier alpha value is -2.62. The smallest absolute Gasteiger partial charge is 0.344 e. The summed E-state index contributed by atoms with van der Waals surface area (Å²) in [5.41, 5.74) is 0.631. The number of halogens is 2. The van der Waals surface area contributed by atoms with Crippen molar-refractivity contribution in [1.82, 2.24) is 0 Å². The largest absolute Gasteiger partial charge is 0.493 e. The number of para-hydroxylation sites is 1. The molecular weight excluding hydrogens is 465 g/mol. The van der Waals surface area contributed by atoms with Crippen molar-refractivity contribution in [1.29, 1.82) is 0 Å². The Morgan fingerprint density at radius 3 is 2.74 bits per heavy atom. The molecule has 1 aliphatic rings. The van der Waals surface area contributed by atoms with Gasteiger partial charge in [-0.05, 0) is 42.8 Å². The van der Waals surface area contributed by atoms with Crippen molar-refractivity contribution in [2.75, 3.05) is 25.2 Å². The van der Waals surface area contributed by atoms with Crippen molar-refractivity contribution in [3.05, 3.63) is 57.7 Å². The maximum absolute atomic E-state index is 14.2. The van der Waals surface area contributed by atoms with Crippen LogP contribution < -0.4 is 14.4 Å². The standard InChI is InChI=1S/C21H17ClFNO5S2/c1-3-28-18(25)11-29-19-13(22)8-12(9-16(19)27-2)10-17-20(26)24(21(30)31-17)15-7-5-4-6-14(15)23/h4-10H,3,11H2,1-2H3/b17-10+. The molecule has 2 aromatic carbocycles. The minimum atomic E-state index is -0.548. The molecule has 0 saturated carbocycles. The SMILES string of the molecule is CCOC(=O)COc1c(Cl)cc(/C=C2/SC(=S)N(c3ccccc3F)C2=O)cc1OC. The third-order valence-electron chi connectivity index (χ3n) is 4.08. The Morgan fingerprint density at radius 1 is 1.32 bits per heavy atom. The fraction of sp³-hybridized carbons (Fsp3) is 0.190. The monoisotopic (exact) mass is 481 g/mol. The van der Waals surface area contributed by atoms with Crippen LogP contribution in [0.4, 0.5) is 10.1 Å². The molecule has 1 fully saturated rings. The van der Waals surface area contributed by atoms with Gasteiger partial charge in [-0.1, -0.05) is 47.7 Å². The number of anilines is 1. The third kappa shape index (κ3) is 5.17. The highest BCUT2D eigenvalue weighted by atomic mass is 35.5. The van der Waals surface area contributed by atoms with Crippen LogP contribution in [-0.2, 0) is 14.3 Å². The second kappa shape index (κ2) is 10.1. The normalized spacial score (nSPS) is 14.8. The van der Waals surface area contributed by atoms with Gasteiger partial charge in [-0.3, -0.25) is 9.69 Å². The van der Waals surface area contributed by atoms with Gasteiger partial charge >= 0.3 is 5.97 Å². The van der Waals surface area contributed by atoms with Gasteiger partial charge in [-0.25, -0.2) is 9.18 Å². The number of methoxy groups -OCH3 is 1. The molecule has 31 heavy (non-hydrogen) atoms. The summed E-state index contributed by atoms with van der Waals surface area (Å²) in [4.78, 5) is 25.8. The molecule has 0 radical (unpaired) electrons. The van der Waals surface area contributed by atoms with E-state index in [1.807, 2.05) is 0 Å². The lowest BCUT2D eigenvalue weighted by Gasteiger charge is -2.15. The fourth-order valence-electron chi connectivity index (χ4n) is 2.76. The summed E-state index contributed by atoms with van der Waals surface area (Å²) in [6.07, 6.45) is 1.57. The molecule has 6 nitrogen and oxygen atoms in total. The Labute approximate surface area is 192 Å². The van der Waals surface area contributed by atoms with Gasteiger partial charge in [0.2, 0.25) is 0 Å². The molecule has 1 heterocycles. The molecule has 2 aromatic rings. The molecule has 0 atom stereocenters. The first-order chi connectivity index (χ1) is 14.8. The first-order valence-corrected chi connectivity index (χ1v) is 10.6. The number of hydrogen-bond acceptors (Lipinski definition) is 7. The Morgan fingerprint density at radius 2 is 2.06 bits per heavy atom. The summed E-state index contributed by atoms with van der Waals surface area (Å²) in [5, 5.41) is 0.180. The van der Waals surface area contributed by atoms with E-state index < -0.39 is 17.7 Å². The van der Waals surface area contributed by atoms with Gasteiger partial charge in [0.15, 0.2) is 22.4 Å². The van der Waals surface area contributed by atoms with Crippen LogP contribution >= 0.6 is 35.6 Å². The molecule has 0 aliphatic carbocycles. The summed E-state index contributed by atoms with van der Waals surface area (Å²) in [6, 6.07) is 9.06. The maximum Gasteiger partial charge on any atom is 0.344 e. The van der Waals surface area contributed by atoms with Gasteiger partial charge in [-0.15, -0.1) is 0 Å². The van der Waals surface area contributed by atoms with Gasteiger partial charge in [0.05, 0.1) is 29.3 Å². The van der Waals surface area contributed by atoms with E-state index in [2.05, 4.69) is 0 Å². The molecule has 10 heteroatoms. The first kappa shape index (κ1) is 23.1. The summed E-state index contributed by atoms with van der Waals surface area (Å²) < 4.78 is 29.9. The maximum atomic E-state index is 14.2. The second-order valence-corrected chi connectivity index (χ2v) is 8.18. The lowest BCUT2D eigenvalue weighted by Crippen LogP contribution is -2.28. The van der Waals surface area contributed by atoms with Crippen LogP contribution in [0.1, 0.15) is 12.5 Å². The van der Waals surface area contributed by atoms with Gasteiger partial charge in [0.25, 0.3) is 5.91 Å². The van der Waals surface area contributed by atoms with Crippen LogP contribution in [0.2, 0.25) is 5.02 Å². The Bertz CT molecular complexity index is 1080. The molecule has 1 aliphatic heterocycles. The third-order valence-corrected chi connectivity index (χ3v) is 5.66. The molecule has 1 saturated heterocycles. The van der Waals surface area contributed by atoms with E-state index in [9.17, 15) is 14.0 Å². The van der Waals surface area contributed by atoms with Crippen molar-refractivity contribution in [2.24, 2.45) is 0 Å². The minimum Gasteiger partial charge on any atom is -0.493 e. The summed E-state index contributed by atoms with van der Waals surface area (Å²) >= 11 is 12.6. The number of thioether (sulfide) groups is 1. The van der Waals surface area contributed by atoms with Crippen LogP contribution in [-0.4, -0.2) is 36.5 Å². The number of esters is 1. The lowest BCUT2D eigenvalue weighted by atomic mass is 10.1. The lowest BCUT2D eigenvalue weighted by molar-refractivity contribution is -0.145. The van der Waals surface area contributed by atoms with E-state index in [4.69, 9.17) is 38.0 Å². The molecule has 0 unspecified atom stereocenters. The number of benzene rings is 2. The van der Waals surface area contributed by atoms with E-state index in [0.29, 0.717) is 10.5 Å².